The van der Waals surface area contributed by atoms with Crippen LogP contribution in [0.5, 0.6) is 0 Å². The van der Waals surface area contributed by atoms with Gasteiger partial charge in [0.1, 0.15) is 0 Å². The number of rotatable bonds is 3. The Balaban J connectivity index is 2.81. The summed E-state index contributed by atoms with van der Waals surface area (Å²) in [5.74, 6) is 0.543. The standard InChI is InChI=1S/C12H17N3S/c1-8(2)10-4-6-11(7-5-10)9(3)14-15-12(13)16/h4-8H,1-3H3,(H3,13,15,16)/b14-9+. The van der Waals surface area contributed by atoms with Gasteiger partial charge in [0.25, 0.3) is 0 Å². The summed E-state index contributed by atoms with van der Waals surface area (Å²) in [5.41, 5.74) is 11.1. The van der Waals surface area contributed by atoms with E-state index in [1.54, 1.807) is 0 Å². The van der Waals surface area contributed by atoms with Crippen molar-refractivity contribution in [2.45, 2.75) is 26.7 Å². The van der Waals surface area contributed by atoms with Crippen LogP contribution in [0.15, 0.2) is 29.4 Å². The zero-order valence-electron chi connectivity index (χ0n) is 9.82. The van der Waals surface area contributed by atoms with E-state index in [0.29, 0.717) is 5.92 Å². The summed E-state index contributed by atoms with van der Waals surface area (Å²) in [6.45, 7) is 6.25. The zero-order valence-corrected chi connectivity index (χ0v) is 10.6. The first-order valence-corrected chi connectivity index (χ1v) is 5.61. The lowest BCUT2D eigenvalue weighted by Crippen LogP contribution is -2.25. The van der Waals surface area contributed by atoms with Gasteiger partial charge < -0.3 is 5.73 Å². The van der Waals surface area contributed by atoms with Crippen LogP contribution in [0.4, 0.5) is 0 Å². The lowest BCUT2D eigenvalue weighted by molar-refractivity contribution is 0.866. The van der Waals surface area contributed by atoms with Crippen molar-refractivity contribution < 1.29 is 0 Å². The predicted octanol–water partition coefficient (Wildman–Crippen LogP) is 2.37. The van der Waals surface area contributed by atoms with E-state index in [0.717, 1.165) is 11.3 Å². The second-order valence-corrected chi connectivity index (χ2v) is 4.39. The highest BCUT2D eigenvalue weighted by atomic mass is 32.1. The molecule has 0 spiro atoms. The van der Waals surface area contributed by atoms with Gasteiger partial charge in [0, 0.05) is 0 Å². The lowest BCUT2D eigenvalue weighted by atomic mass is 10.0. The normalized spacial score (nSPS) is 11.6. The van der Waals surface area contributed by atoms with Gasteiger partial charge in [0.15, 0.2) is 5.11 Å². The Morgan fingerprint density at radius 2 is 1.88 bits per heavy atom. The van der Waals surface area contributed by atoms with E-state index in [1.165, 1.54) is 5.56 Å². The Bertz CT molecular complexity index is 393. The van der Waals surface area contributed by atoms with Crippen molar-refractivity contribution in [1.82, 2.24) is 5.43 Å². The van der Waals surface area contributed by atoms with Gasteiger partial charge in [-0.2, -0.15) is 5.10 Å². The Labute approximate surface area is 102 Å². The molecule has 0 aliphatic heterocycles. The van der Waals surface area contributed by atoms with Crippen LogP contribution in [0.25, 0.3) is 0 Å². The number of nitrogens with two attached hydrogens (primary N) is 1. The summed E-state index contributed by atoms with van der Waals surface area (Å²) in [6, 6.07) is 8.32. The Kier molecular flexibility index (Phi) is 4.43. The minimum atomic E-state index is 0.179. The molecule has 0 unspecified atom stereocenters. The van der Waals surface area contributed by atoms with Crippen molar-refractivity contribution in [2.24, 2.45) is 10.8 Å². The number of nitrogens with one attached hydrogen (secondary N) is 1. The second-order valence-electron chi connectivity index (χ2n) is 3.95. The van der Waals surface area contributed by atoms with Crippen molar-refractivity contribution >= 4 is 23.0 Å². The molecule has 0 saturated carbocycles. The SMILES string of the molecule is C/C(=N\NC(N)=S)c1ccc(C(C)C)cc1. The van der Waals surface area contributed by atoms with Crippen molar-refractivity contribution in [3.8, 4) is 0 Å². The van der Waals surface area contributed by atoms with E-state index in [2.05, 4.69) is 60.9 Å². The number of hydrogen-bond donors (Lipinski definition) is 2. The zero-order chi connectivity index (χ0) is 12.1. The van der Waals surface area contributed by atoms with Gasteiger partial charge in [-0.3, -0.25) is 5.43 Å². The highest BCUT2D eigenvalue weighted by molar-refractivity contribution is 7.80. The summed E-state index contributed by atoms with van der Waals surface area (Å²) >= 11 is 4.68. The monoisotopic (exact) mass is 235 g/mol. The lowest BCUT2D eigenvalue weighted by Gasteiger charge is -2.06. The van der Waals surface area contributed by atoms with Crippen LogP contribution >= 0.6 is 12.2 Å². The molecule has 0 atom stereocenters. The molecule has 1 rings (SSSR count). The molecule has 4 heteroatoms. The van der Waals surface area contributed by atoms with Crippen LogP contribution < -0.4 is 11.2 Å². The Morgan fingerprint density at radius 1 is 1.31 bits per heavy atom. The molecule has 86 valence electrons. The molecule has 1 aromatic rings. The maximum absolute atomic E-state index is 5.30. The molecule has 0 aromatic heterocycles. The molecule has 0 aliphatic rings. The third-order valence-corrected chi connectivity index (χ3v) is 2.42. The molecule has 3 N–H and O–H groups in total. The summed E-state index contributed by atoms with van der Waals surface area (Å²) in [7, 11) is 0. The van der Waals surface area contributed by atoms with Gasteiger partial charge in [-0.1, -0.05) is 38.1 Å². The van der Waals surface area contributed by atoms with E-state index in [-0.39, 0.29) is 5.11 Å². The number of hydrazone groups is 1. The second kappa shape index (κ2) is 5.61. The van der Waals surface area contributed by atoms with Crippen molar-refractivity contribution in [3.05, 3.63) is 35.4 Å². The summed E-state index contributed by atoms with van der Waals surface area (Å²) < 4.78 is 0. The molecule has 0 fully saturated rings. The predicted molar refractivity (Wildman–Crippen MR) is 72.7 cm³/mol. The van der Waals surface area contributed by atoms with E-state index >= 15 is 0 Å². The third kappa shape index (κ3) is 3.62. The fourth-order valence-electron chi connectivity index (χ4n) is 1.31. The maximum Gasteiger partial charge on any atom is 0.184 e. The largest absolute Gasteiger partial charge is 0.375 e. The fraction of sp³-hybridized carbons (Fsp3) is 0.333. The first-order valence-electron chi connectivity index (χ1n) is 5.20. The van der Waals surface area contributed by atoms with Crippen LogP contribution in [0.2, 0.25) is 0 Å². The molecule has 0 saturated heterocycles. The molecule has 0 amide bonds. The van der Waals surface area contributed by atoms with Crippen molar-refractivity contribution in [3.63, 3.8) is 0 Å². The average Bonchev–Trinajstić information content (AvgIpc) is 2.26. The minimum Gasteiger partial charge on any atom is -0.375 e. The van der Waals surface area contributed by atoms with E-state index in [9.17, 15) is 0 Å². The number of benzene rings is 1. The van der Waals surface area contributed by atoms with Crippen LogP contribution in [-0.4, -0.2) is 10.8 Å². The summed E-state index contributed by atoms with van der Waals surface area (Å²) in [4.78, 5) is 0. The number of nitrogens with zero attached hydrogens (tertiary/aromatic N) is 1. The third-order valence-electron chi connectivity index (χ3n) is 2.33. The number of hydrogen-bond acceptors (Lipinski definition) is 2. The van der Waals surface area contributed by atoms with Gasteiger partial charge in [0.2, 0.25) is 0 Å². The van der Waals surface area contributed by atoms with Crippen molar-refractivity contribution in [1.29, 1.82) is 0 Å². The molecule has 16 heavy (non-hydrogen) atoms. The molecule has 0 radical (unpaired) electrons. The highest BCUT2D eigenvalue weighted by Crippen LogP contribution is 2.14. The molecule has 1 aromatic carbocycles. The average molecular weight is 235 g/mol. The molecular weight excluding hydrogens is 218 g/mol. The molecule has 3 nitrogen and oxygen atoms in total. The van der Waals surface area contributed by atoms with Crippen LogP contribution in [-0.2, 0) is 0 Å². The van der Waals surface area contributed by atoms with Gasteiger partial charge in [-0.25, -0.2) is 0 Å². The molecule has 0 aliphatic carbocycles. The van der Waals surface area contributed by atoms with Crippen LogP contribution in [0.3, 0.4) is 0 Å². The van der Waals surface area contributed by atoms with Gasteiger partial charge >= 0.3 is 0 Å². The Hall–Kier alpha value is -1.42. The van der Waals surface area contributed by atoms with Crippen LogP contribution in [0.1, 0.15) is 37.8 Å². The molecular formula is C12H17N3S. The number of thiocarbonyl (C=S) groups is 1. The summed E-state index contributed by atoms with van der Waals surface area (Å²) in [6.07, 6.45) is 0. The quantitative estimate of drug-likeness (QED) is 0.480. The smallest absolute Gasteiger partial charge is 0.184 e. The molecule has 0 heterocycles. The van der Waals surface area contributed by atoms with Crippen molar-refractivity contribution in [2.75, 3.05) is 0 Å². The van der Waals surface area contributed by atoms with Gasteiger partial charge in [-0.15, -0.1) is 0 Å². The van der Waals surface area contributed by atoms with E-state index < -0.39 is 0 Å². The fourth-order valence-corrected chi connectivity index (χ4v) is 1.36. The first kappa shape index (κ1) is 12.6. The van der Waals surface area contributed by atoms with Gasteiger partial charge in [-0.05, 0) is 36.2 Å². The minimum absolute atomic E-state index is 0.179. The summed E-state index contributed by atoms with van der Waals surface area (Å²) in [5, 5.41) is 4.25. The Morgan fingerprint density at radius 3 is 2.31 bits per heavy atom. The van der Waals surface area contributed by atoms with E-state index in [1.807, 2.05) is 6.92 Å². The highest BCUT2D eigenvalue weighted by Gasteiger charge is 2.00. The van der Waals surface area contributed by atoms with Crippen LogP contribution in [0, 0.1) is 0 Å². The molecule has 0 bridgehead atoms. The topological polar surface area (TPSA) is 50.4 Å². The maximum atomic E-state index is 5.30. The van der Waals surface area contributed by atoms with Gasteiger partial charge in [0.05, 0.1) is 5.71 Å². The van der Waals surface area contributed by atoms with E-state index in [4.69, 9.17) is 5.73 Å². The first-order chi connectivity index (χ1) is 7.50.